The third-order valence-corrected chi connectivity index (χ3v) is 7.99. The molecule has 3 aromatic rings. The van der Waals surface area contributed by atoms with Gasteiger partial charge in [-0.05, 0) is 48.9 Å². The number of carbonyl (C=O) groups excluding carboxylic acids is 1. The minimum Gasteiger partial charge on any atom is -0.318 e. The molecule has 5 rings (SSSR count). The second kappa shape index (κ2) is 10.2. The van der Waals surface area contributed by atoms with Gasteiger partial charge in [0, 0.05) is 56.3 Å². The molecule has 172 valence electrons. The number of thiophene rings is 1. The molecule has 1 saturated heterocycles. The Balaban J connectivity index is 1.45. The summed E-state index contributed by atoms with van der Waals surface area (Å²) in [6.07, 6.45) is 6.56. The largest absolute Gasteiger partial charge is 0.318 e. The number of pyridine rings is 1. The summed E-state index contributed by atoms with van der Waals surface area (Å²) in [6.45, 7) is 6.63. The number of nitrogens with one attached hydrogen (secondary N) is 1. The fraction of sp³-hybridized carbons (Fsp3) is 0.407. The Morgan fingerprint density at radius 1 is 1.03 bits per heavy atom. The summed E-state index contributed by atoms with van der Waals surface area (Å²) >= 11 is 1.78. The van der Waals surface area contributed by atoms with Crippen molar-refractivity contribution in [2.45, 2.75) is 45.2 Å². The highest BCUT2D eigenvalue weighted by Crippen LogP contribution is 2.45. The molecule has 1 aliphatic carbocycles. The number of hydrogen-bond acceptors (Lipinski definition) is 5. The molecule has 1 atom stereocenters. The molecule has 1 N–H and O–H groups in total. The third kappa shape index (κ3) is 5.03. The van der Waals surface area contributed by atoms with Crippen LogP contribution in [0.2, 0.25) is 0 Å². The smallest absolute Gasteiger partial charge is 0.221 e. The molecule has 1 fully saturated rings. The normalized spacial score (nSPS) is 18.0. The van der Waals surface area contributed by atoms with E-state index in [0.29, 0.717) is 0 Å². The molecule has 0 unspecified atom stereocenters. The van der Waals surface area contributed by atoms with Crippen LogP contribution in [0.3, 0.4) is 0 Å². The van der Waals surface area contributed by atoms with E-state index in [9.17, 15) is 4.79 Å². The van der Waals surface area contributed by atoms with Crippen LogP contribution in [0.25, 0.3) is 0 Å². The zero-order valence-electron chi connectivity index (χ0n) is 19.3. The minimum absolute atomic E-state index is 0.00213. The molecule has 0 bridgehead atoms. The number of nitrogens with zero attached hydrogens (tertiary/aromatic N) is 3. The van der Waals surface area contributed by atoms with Crippen molar-refractivity contribution in [1.82, 2.24) is 14.8 Å². The van der Waals surface area contributed by atoms with Gasteiger partial charge in [-0.15, -0.1) is 11.3 Å². The molecule has 2 aliphatic rings. The Kier molecular flexibility index (Phi) is 6.85. The van der Waals surface area contributed by atoms with E-state index in [-0.39, 0.29) is 11.9 Å². The molecule has 1 aliphatic heterocycles. The summed E-state index contributed by atoms with van der Waals surface area (Å²) in [5, 5.41) is 4.20. The first-order valence-electron chi connectivity index (χ1n) is 12.0. The Bertz CT molecular complexity index is 1070. The first-order valence-corrected chi connectivity index (χ1v) is 12.8. The van der Waals surface area contributed by atoms with Crippen molar-refractivity contribution in [2.75, 3.05) is 31.5 Å². The molecule has 1 aromatic carbocycles. The topological polar surface area (TPSA) is 48.5 Å². The molecule has 1 amide bonds. The van der Waals surface area contributed by atoms with Gasteiger partial charge >= 0.3 is 0 Å². The van der Waals surface area contributed by atoms with Crippen LogP contribution in [0, 0.1) is 0 Å². The second-order valence-electron chi connectivity index (χ2n) is 9.09. The molecule has 0 radical (unpaired) electrons. The van der Waals surface area contributed by atoms with Crippen LogP contribution in [0.5, 0.6) is 0 Å². The highest BCUT2D eigenvalue weighted by molar-refractivity contribution is 7.16. The predicted octanol–water partition coefficient (Wildman–Crippen LogP) is 4.89. The van der Waals surface area contributed by atoms with Gasteiger partial charge in [-0.2, -0.15) is 0 Å². The van der Waals surface area contributed by atoms with Gasteiger partial charge < -0.3 is 5.32 Å². The third-order valence-electron chi connectivity index (χ3n) is 6.76. The van der Waals surface area contributed by atoms with E-state index >= 15 is 0 Å². The van der Waals surface area contributed by atoms with Gasteiger partial charge in [-0.1, -0.05) is 36.4 Å². The van der Waals surface area contributed by atoms with Crippen LogP contribution < -0.4 is 5.32 Å². The van der Waals surface area contributed by atoms with E-state index in [2.05, 4.69) is 57.6 Å². The summed E-state index contributed by atoms with van der Waals surface area (Å²) < 4.78 is 0. The van der Waals surface area contributed by atoms with Crippen molar-refractivity contribution in [3.05, 3.63) is 82.0 Å². The molecule has 0 spiro atoms. The monoisotopic (exact) mass is 460 g/mol. The number of fused-ring (bicyclic) bond motifs is 1. The van der Waals surface area contributed by atoms with Crippen LogP contribution >= 0.6 is 11.3 Å². The fourth-order valence-electron chi connectivity index (χ4n) is 5.21. The second-order valence-corrected chi connectivity index (χ2v) is 10.2. The van der Waals surface area contributed by atoms with Crippen molar-refractivity contribution in [1.29, 1.82) is 0 Å². The van der Waals surface area contributed by atoms with Crippen LogP contribution in [0.1, 0.15) is 53.1 Å². The average molecular weight is 461 g/mol. The highest BCUT2D eigenvalue weighted by atomic mass is 32.1. The number of benzene rings is 1. The minimum atomic E-state index is 0.00213. The molecule has 6 heteroatoms. The number of anilines is 1. The first-order chi connectivity index (χ1) is 16.2. The number of aromatic nitrogens is 1. The molecular formula is C27H32N4OS. The zero-order chi connectivity index (χ0) is 22.6. The Morgan fingerprint density at radius 3 is 2.52 bits per heavy atom. The Labute approximate surface area is 200 Å². The summed E-state index contributed by atoms with van der Waals surface area (Å²) in [7, 11) is 0. The van der Waals surface area contributed by atoms with Crippen molar-refractivity contribution in [3.63, 3.8) is 0 Å². The van der Waals surface area contributed by atoms with Gasteiger partial charge in [-0.3, -0.25) is 19.6 Å². The van der Waals surface area contributed by atoms with E-state index in [1.54, 1.807) is 18.3 Å². The standard InChI is InChI=1S/C27H32N4OS/c1-20(32)29-27-25(22-11-5-6-13-24(22)33-27)26(23-12-7-8-14-28-23)31-17-15-30(16-18-31)19-21-9-3-2-4-10-21/h2-4,7-10,12,14,26H,5-6,11,13,15-19H2,1H3,(H,29,32)/t26-/m0/s1. The lowest BCUT2D eigenvalue weighted by Crippen LogP contribution is -2.47. The highest BCUT2D eigenvalue weighted by Gasteiger charge is 2.34. The van der Waals surface area contributed by atoms with Gasteiger partial charge in [0.25, 0.3) is 0 Å². The van der Waals surface area contributed by atoms with Gasteiger partial charge in [0.1, 0.15) is 5.00 Å². The maximum atomic E-state index is 12.1. The van der Waals surface area contributed by atoms with Crippen molar-refractivity contribution in [2.24, 2.45) is 0 Å². The van der Waals surface area contributed by atoms with Crippen molar-refractivity contribution >= 4 is 22.2 Å². The van der Waals surface area contributed by atoms with Crippen LogP contribution in [-0.4, -0.2) is 46.9 Å². The van der Waals surface area contributed by atoms with Gasteiger partial charge in [-0.25, -0.2) is 0 Å². The molecule has 0 saturated carbocycles. The van der Waals surface area contributed by atoms with E-state index in [0.717, 1.165) is 56.3 Å². The van der Waals surface area contributed by atoms with E-state index in [4.69, 9.17) is 4.98 Å². The lowest BCUT2D eigenvalue weighted by Gasteiger charge is -2.40. The van der Waals surface area contributed by atoms with Gasteiger partial charge in [0.2, 0.25) is 5.91 Å². The van der Waals surface area contributed by atoms with Gasteiger partial charge in [0.05, 0.1) is 11.7 Å². The fourth-order valence-corrected chi connectivity index (χ4v) is 6.58. The lowest BCUT2D eigenvalue weighted by molar-refractivity contribution is -0.114. The van der Waals surface area contributed by atoms with Crippen LogP contribution in [0.15, 0.2) is 54.7 Å². The van der Waals surface area contributed by atoms with Gasteiger partial charge in [0.15, 0.2) is 0 Å². The van der Waals surface area contributed by atoms with E-state index in [1.807, 2.05) is 12.3 Å². The molecule has 2 aromatic heterocycles. The summed E-state index contributed by atoms with van der Waals surface area (Å²) in [4.78, 5) is 23.5. The SMILES string of the molecule is CC(=O)Nc1sc2c(c1[C@H](c1ccccn1)N1CCN(Cc3ccccc3)CC1)CCCC2. The van der Waals surface area contributed by atoms with Crippen molar-refractivity contribution in [3.8, 4) is 0 Å². The Morgan fingerprint density at radius 2 is 1.79 bits per heavy atom. The maximum Gasteiger partial charge on any atom is 0.221 e. The number of carbonyl (C=O) groups is 1. The first kappa shape index (κ1) is 22.3. The zero-order valence-corrected chi connectivity index (χ0v) is 20.1. The Hall–Kier alpha value is -2.54. The van der Waals surface area contributed by atoms with Crippen molar-refractivity contribution < 1.29 is 4.79 Å². The number of rotatable bonds is 6. The molecule has 33 heavy (non-hydrogen) atoms. The number of amides is 1. The predicted molar refractivity (Wildman–Crippen MR) is 135 cm³/mol. The van der Waals surface area contributed by atoms with E-state index < -0.39 is 0 Å². The maximum absolute atomic E-state index is 12.1. The quantitative estimate of drug-likeness (QED) is 0.569. The average Bonchev–Trinajstić information content (AvgIpc) is 3.19. The number of aryl methyl sites for hydroxylation is 1. The summed E-state index contributed by atoms with van der Waals surface area (Å²) in [5.74, 6) is 0.00213. The molecular weight excluding hydrogens is 428 g/mol. The summed E-state index contributed by atoms with van der Waals surface area (Å²) in [6, 6.07) is 17.0. The number of piperazine rings is 1. The molecule has 5 nitrogen and oxygen atoms in total. The summed E-state index contributed by atoms with van der Waals surface area (Å²) in [5.41, 5.74) is 5.19. The van der Waals surface area contributed by atoms with E-state index in [1.165, 1.54) is 34.4 Å². The van der Waals surface area contributed by atoms with Crippen LogP contribution in [-0.2, 0) is 24.2 Å². The number of hydrogen-bond donors (Lipinski definition) is 1. The lowest BCUT2D eigenvalue weighted by atomic mass is 9.90. The van der Waals surface area contributed by atoms with Crippen LogP contribution in [0.4, 0.5) is 5.00 Å². The molecule has 3 heterocycles.